The summed E-state index contributed by atoms with van der Waals surface area (Å²) in [7, 11) is 0. The van der Waals surface area contributed by atoms with Gasteiger partial charge in [0, 0.05) is 27.9 Å². The number of rotatable bonds is 6. The summed E-state index contributed by atoms with van der Waals surface area (Å²) in [6, 6.07) is 25.7. The summed E-state index contributed by atoms with van der Waals surface area (Å²) in [6.07, 6.45) is 1.92. The van der Waals surface area contributed by atoms with Gasteiger partial charge < -0.3 is 9.52 Å². The summed E-state index contributed by atoms with van der Waals surface area (Å²) < 4.78 is 6.78. The first-order chi connectivity index (χ1) is 17.0. The van der Waals surface area contributed by atoms with Crippen LogP contribution < -0.4 is 0 Å². The van der Waals surface area contributed by atoms with Gasteiger partial charge in [-0.2, -0.15) is 0 Å². The fourth-order valence-electron chi connectivity index (χ4n) is 3.76. The molecule has 0 aliphatic rings. The second-order valence-electron chi connectivity index (χ2n) is 7.91. The third-order valence-electron chi connectivity index (χ3n) is 5.42. The SMILES string of the molecule is O=[N+]([O-])c1cc(Cc2ccccc2)cc(C=Nc2ccc3oc(-c4cccc(Br)c4)nc3c2)c1O. The van der Waals surface area contributed by atoms with Gasteiger partial charge in [0.15, 0.2) is 5.58 Å². The average molecular weight is 528 g/mol. The minimum atomic E-state index is -0.591. The lowest BCUT2D eigenvalue weighted by Crippen LogP contribution is -1.97. The zero-order chi connectivity index (χ0) is 24.4. The van der Waals surface area contributed by atoms with Gasteiger partial charge in [-0.3, -0.25) is 15.1 Å². The number of phenols is 1. The summed E-state index contributed by atoms with van der Waals surface area (Å²) >= 11 is 3.45. The Labute approximate surface area is 208 Å². The molecule has 0 saturated carbocycles. The largest absolute Gasteiger partial charge is 0.502 e. The minimum Gasteiger partial charge on any atom is -0.502 e. The number of nitrogens with zero attached hydrogens (tertiary/aromatic N) is 3. The number of nitro groups is 1. The van der Waals surface area contributed by atoms with Crippen molar-refractivity contribution in [3.8, 4) is 17.2 Å². The number of benzene rings is 4. The monoisotopic (exact) mass is 527 g/mol. The Balaban J connectivity index is 1.47. The van der Waals surface area contributed by atoms with E-state index in [-0.39, 0.29) is 11.3 Å². The molecule has 0 radical (unpaired) electrons. The molecule has 5 rings (SSSR count). The van der Waals surface area contributed by atoms with Gasteiger partial charge in [-0.1, -0.05) is 52.3 Å². The Morgan fingerprint density at radius 3 is 2.60 bits per heavy atom. The highest BCUT2D eigenvalue weighted by Gasteiger charge is 2.18. The van der Waals surface area contributed by atoms with E-state index in [1.54, 1.807) is 24.3 Å². The molecule has 1 N–H and O–H groups in total. The van der Waals surface area contributed by atoms with Gasteiger partial charge in [0.25, 0.3) is 0 Å². The quantitative estimate of drug-likeness (QED) is 0.143. The smallest absolute Gasteiger partial charge is 0.311 e. The molecule has 0 unspecified atom stereocenters. The maximum Gasteiger partial charge on any atom is 0.311 e. The van der Waals surface area contributed by atoms with E-state index >= 15 is 0 Å². The van der Waals surface area contributed by atoms with Crippen LogP contribution in [0.1, 0.15) is 16.7 Å². The summed E-state index contributed by atoms with van der Waals surface area (Å²) in [6.45, 7) is 0. The van der Waals surface area contributed by atoms with E-state index in [4.69, 9.17) is 4.42 Å². The molecular formula is C27H18BrN3O4. The highest BCUT2D eigenvalue weighted by atomic mass is 79.9. The highest BCUT2D eigenvalue weighted by Crippen LogP contribution is 2.32. The number of fused-ring (bicyclic) bond motifs is 1. The Morgan fingerprint density at radius 1 is 1.00 bits per heavy atom. The van der Waals surface area contributed by atoms with Crippen LogP contribution in [0.5, 0.6) is 5.75 Å². The molecule has 8 heteroatoms. The molecule has 1 heterocycles. The second kappa shape index (κ2) is 9.52. The molecule has 35 heavy (non-hydrogen) atoms. The van der Waals surface area contributed by atoms with Crippen molar-refractivity contribution in [3.05, 3.63) is 116 Å². The van der Waals surface area contributed by atoms with Crippen LogP contribution in [-0.4, -0.2) is 21.2 Å². The number of oxazole rings is 1. The molecule has 1 aromatic heterocycles. The third kappa shape index (κ3) is 4.97. The summed E-state index contributed by atoms with van der Waals surface area (Å²) in [5.41, 5.74) is 4.27. The molecule has 0 amide bonds. The van der Waals surface area contributed by atoms with Gasteiger partial charge in [0.05, 0.1) is 10.6 Å². The van der Waals surface area contributed by atoms with Gasteiger partial charge in [0.2, 0.25) is 11.6 Å². The molecular weight excluding hydrogens is 510 g/mol. The van der Waals surface area contributed by atoms with Crippen molar-refractivity contribution in [2.24, 2.45) is 4.99 Å². The van der Waals surface area contributed by atoms with Crippen molar-refractivity contribution in [3.63, 3.8) is 0 Å². The maximum atomic E-state index is 11.5. The van der Waals surface area contributed by atoms with E-state index in [9.17, 15) is 15.2 Å². The number of aromatic hydroxyl groups is 1. The van der Waals surface area contributed by atoms with Gasteiger partial charge in [0.1, 0.15) is 5.52 Å². The van der Waals surface area contributed by atoms with Crippen LogP contribution in [0, 0.1) is 10.1 Å². The van der Waals surface area contributed by atoms with Crippen molar-refractivity contribution >= 4 is 44.6 Å². The lowest BCUT2D eigenvalue weighted by atomic mass is 10.0. The standard InChI is InChI=1S/C27H18BrN3O4/c28-21-8-4-7-19(14-21)27-30-23-15-22(9-10-25(23)35-27)29-16-20-12-18(11-17-5-2-1-3-6-17)13-24(26(20)32)31(33)34/h1-10,12-16,32H,11H2. The number of hydrogen-bond acceptors (Lipinski definition) is 6. The number of phenolic OH excluding ortho intramolecular Hbond substituents is 1. The van der Waals surface area contributed by atoms with Crippen LogP contribution >= 0.6 is 15.9 Å². The number of hydrogen-bond donors (Lipinski definition) is 1. The summed E-state index contributed by atoms with van der Waals surface area (Å²) in [5, 5.41) is 22.0. The first-order valence-corrected chi connectivity index (χ1v) is 11.5. The van der Waals surface area contributed by atoms with E-state index < -0.39 is 10.7 Å². The molecule has 0 aliphatic carbocycles. The summed E-state index contributed by atoms with van der Waals surface area (Å²) in [5.74, 6) is 0.0688. The highest BCUT2D eigenvalue weighted by molar-refractivity contribution is 9.10. The van der Waals surface area contributed by atoms with Gasteiger partial charge in [-0.25, -0.2) is 4.98 Å². The van der Waals surface area contributed by atoms with Gasteiger partial charge in [-0.05, 0) is 60.0 Å². The van der Waals surface area contributed by atoms with Crippen molar-refractivity contribution in [1.82, 2.24) is 4.98 Å². The molecule has 0 saturated heterocycles. The molecule has 0 atom stereocenters. The Morgan fingerprint density at radius 2 is 1.83 bits per heavy atom. The zero-order valence-electron chi connectivity index (χ0n) is 18.3. The first kappa shape index (κ1) is 22.5. The van der Waals surface area contributed by atoms with Gasteiger partial charge >= 0.3 is 5.69 Å². The van der Waals surface area contributed by atoms with Crippen LogP contribution in [0.4, 0.5) is 11.4 Å². The average Bonchev–Trinajstić information content (AvgIpc) is 3.28. The molecule has 7 nitrogen and oxygen atoms in total. The third-order valence-corrected chi connectivity index (χ3v) is 5.92. The maximum absolute atomic E-state index is 11.5. The predicted molar refractivity (Wildman–Crippen MR) is 138 cm³/mol. The Kier molecular flexibility index (Phi) is 6.12. The normalized spacial score (nSPS) is 11.3. The van der Waals surface area contributed by atoms with Crippen LogP contribution in [0.3, 0.4) is 0 Å². The van der Waals surface area contributed by atoms with E-state index in [2.05, 4.69) is 25.9 Å². The molecule has 0 spiro atoms. The van der Waals surface area contributed by atoms with E-state index in [0.29, 0.717) is 34.7 Å². The van der Waals surface area contributed by atoms with Crippen molar-refractivity contribution < 1.29 is 14.4 Å². The zero-order valence-corrected chi connectivity index (χ0v) is 19.8. The van der Waals surface area contributed by atoms with Crippen molar-refractivity contribution in [2.75, 3.05) is 0 Å². The van der Waals surface area contributed by atoms with Crippen LogP contribution in [-0.2, 0) is 6.42 Å². The topological polar surface area (TPSA) is 102 Å². The molecule has 5 aromatic rings. The fourth-order valence-corrected chi connectivity index (χ4v) is 4.16. The van der Waals surface area contributed by atoms with E-state index in [1.807, 2.05) is 54.6 Å². The van der Waals surface area contributed by atoms with Crippen LogP contribution in [0.25, 0.3) is 22.6 Å². The molecule has 0 bridgehead atoms. The lowest BCUT2D eigenvalue weighted by molar-refractivity contribution is -0.385. The summed E-state index contributed by atoms with van der Waals surface area (Å²) in [4.78, 5) is 19.9. The number of halogens is 1. The number of aromatic nitrogens is 1. The number of aliphatic imine (C=N–C) groups is 1. The Bertz CT molecular complexity index is 1580. The lowest BCUT2D eigenvalue weighted by Gasteiger charge is -2.06. The molecule has 172 valence electrons. The predicted octanol–water partition coefficient (Wildman–Crippen LogP) is 7.21. The van der Waals surface area contributed by atoms with Crippen LogP contribution in [0.15, 0.2) is 98.8 Å². The Hall–Kier alpha value is -4.30. The first-order valence-electron chi connectivity index (χ1n) is 10.7. The van der Waals surface area contributed by atoms with Crippen molar-refractivity contribution in [2.45, 2.75) is 6.42 Å². The molecule has 0 fully saturated rings. The molecule has 0 aliphatic heterocycles. The van der Waals surface area contributed by atoms with Crippen LogP contribution in [0.2, 0.25) is 0 Å². The number of nitro benzene ring substituents is 1. The van der Waals surface area contributed by atoms with E-state index in [1.165, 1.54) is 12.3 Å². The van der Waals surface area contributed by atoms with Gasteiger partial charge in [-0.15, -0.1) is 0 Å². The van der Waals surface area contributed by atoms with Crippen molar-refractivity contribution in [1.29, 1.82) is 0 Å². The second-order valence-corrected chi connectivity index (χ2v) is 8.83. The minimum absolute atomic E-state index is 0.264. The fraction of sp³-hybridized carbons (Fsp3) is 0.0370. The van der Waals surface area contributed by atoms with E-state index in [0.717, 1.165) is 15.6 Å². The molecule has 4 aromatic carbocycles.